The minimum Gasteiger partial charge on any atom is -0.381 e. The van der Waals surface area contributed by atoms with Crippen LogP contribution in [0.15, 0.2) is 5.38 Å². The number of hydrogen-bond donors (Lipinski definition) is 1. The molecule has 1 amide bonds. The monoisotopic (exact) mass is 382 g/mol. The third-order valence-corrected chi connectivity index (χ3v) is 5.27. The number of piperazine rings is 1. The predicted octanol–water partition coefficient (Wildman–Crippen LogP) is 1.45. The molecule has 0 unspecified atom stereocenters. The van der Waals surface area contributed by atoms with Crippen molar-refractivity contribution in [2.24, 2.45) is 5.73 Å². The predicted molar refractivity (Wildman–Crippen MR) is 97.1 cm³/mol. The summed E-state index contributed by atoms with van der Waals surface area (Å²) in [6, 6.07) is 0. The number of rotatable bonds is 2. The zero-order valence-electron chi connectivity index (χ0n) is 13.2. The van der Waals surface area contributed by atoms with Gasteiger partial charge in [-0.25, -0.2) is 4.98 Å². The Labute approximate surface area is 153 Å². The number of carbonyl (C=O) groups is 1. The van der Waals surface area contributed by atoms with Gasteiger partial charge in [-0.1, -0.05) is 0 Å². The highest BCUT2D eigenvalue weighted by Gasteiger charge is 2.39. The van der Waals surface area contributed by atoms with Gasteiger partial charge in [-0.2, -0.15) is 0 Å². The van der Waals surface area contributed by atoms with E-state index in [1.165, 1.54) is 0 Å². The van der Waals surface area contributed by atoms with E-state index in [4.69, 9.17) is 10.5 Å². The van der Waals surface area contributed by atoms with E-state index < -0.39 is 5.54 Å². The second-order valence-electron chi connectivity index (χ2n) is 5.82. The van der Waals surface area contributed by atoms with Crippen LogP contribution in [0.3, 0.4) is 0 Å². The summed E-state index contributed by atoms with van der Waals surface area (Å²) in [5.74, 6) is 0.0840. The molecule has 1 aromatic heterocycles. The maximum absolute atomic E-state index is 12.6. The second-order valence-corrected chi connectivity index (χ2v) is 6.66. The lowest BCUT2D eigenvalue weighted by molar-refractivity contribution is -0.140. The SMILES string of the molecule is Cc1csc(N2CCN(C(=O)C3(N)CCOCC3)CC2)n1.Cl.Cl. The molecule has 0 spiro atoms. The molecule has 2 N–H and O–H groups in total. The maximum Gasteiger partial charge on any atom is 0.242 e. The highest BCUT2D eigenvalue weighted by Crippen LogP contribution is 2.24. The molecule has 0 saturated carbocycles. The molecule has 9 heteroatoms. The first-order valence-electron chi connectivity index (χ1n) is 7.42. The van der Waals surface area contributed by atoms with Gasteiger partial charge in [0, 0.05) is 44.8 Å². The summed E-state index contributed by atoms with van der Waals surface area (Å²) < 4.78 is 5.31. The molecule has 0 atom stereocenters. The summed E-state index contributed by atoms with van der Waals surface area (Å²) in [5, 5.41) is 3.11. The third kappa shape index (κ3) is 4.48. The summed E-state index contributed by atoms with van der Waals surface area (Å²) in [5.41, 5.74) is 6.62. The topological polar surface area (TPSA) is 71.7 Å². The lowest BCUT2D eigenvalue weighted by Gasteiger charge is -2.40. The number of amides is 1. The molecule has 2 saturated heterocycles. The fraction of sp³-hybridized carbons (Fsp3) is 0.714. The number of anilines is 1. The molecule has 0 aliphatic carbocycles. The Morgan fingerprint density at radius 1 is 1.26 bits per heavy atom. The van der Waals surface area contributed by atoms with E-state index in [0.717, 1.165) is 37.0 Å². The molecule has 6 nitrogen and oxygen atoms in total. The number of carbonyl (C=O) groups excluding carboxylic acids is 1. The van der Waals surface area contributed by atoms with Crippen molar-refractivity contribution in [1.82, 2.24) is 9.88 Å². The maximum atomic E-state index is 12.6. The minimum atomic E-state index is -0.724. The number of hydrogen-bond acceptors (Lipinski definition) is 6. The quantitative estimate of drug-likeness (QED) is 0.837. The molecule has 2 fully saturated rings. The largest absolute Gasteiger partial charge is 0.381 e. The van der Waals surface area contributed by atoms with Gasteiger partial charge in [0.05, 0.1) is 11.2 Å². The number of aromatic nitrogens is 1. The van der Waals surface area contributed by atoms with Crippen LogP contribution in [-0.2, 0) is 9.53 Å². The van der Waals surface area contributed by atoms with Crippen molar-refractivity contribution in [3.63, 3.8) is 0 Å². The summed E-state index contributed by atoms with van der Waals surface area (Å²) in [6.07, 6.45) is 1.25. The van der Waals surface area contributed by atoms with Crippen molar-refractivity contribution in [2.45, 2.75) is 25.3 Å². The van der Waals surface area contributed by atoms with Crippen LogP contribution in [0.25, 0.3) is 0 Å². The van der Waals surface area contributed by atoms with Gasteiger partial charge in [-0.3, -0.25) is 4.79 Å². The second kappa shape index (κ2) is 8.48. The Bertz CT molecular complexity index is 515. The highest BCUT2D eigenvalue weighted by molar-refractivity contribution is 7.13. The van der Waals surface area contributed by atoms with Crippen molar-refractivity contribution in [3.05, 3.63) is 11.1 Å². The molecule has 2 aliphatic heterocycles. The molecule has 0 bridgehead atoms. The average Bonchev–Trinajstić information content (AvgIpc) is 2.94. The summed E-state index contributed by atoms with van der Waals surface area (Å²) in [6.45, 7) is 6.26. The number of thiazole rings is 1. The Hall–Kier alpha value is -0.600. The molecule has 2 aliphatic rings. The number of ether oxygens (including phenoxy) is 1. The van der Waals surface area contributed by atoms with E-state index in [0.29, 0.717) is 26.1 Å². The third-order valence-electron chi connectivity index (χ3n) is 4.26. The van der Waals surface area contributed by atoms with Crippen LogP contribution >= 0.6 is 36.2 Å². The molecule has 0 aromatic carbocycles. The molecule has 3 rings (SSSR count). The Morgan fingerprint density at radius 2 is 1.87 bits per heavy atom. The van der Waals surface area contributed by atoms with E-state index >= 15 is 0 Å². The molecular weight excluding hydrogens is 359 g/mol. The minimum absolute atomic E-state index is 0. The Balaban J connectivity index is 0.00000132. The van der Waals surface area contributed by atoms with Gasteiger partial charge in [-0.15, -0.1) is 36.2 Å². The van der Waals surface area contributed by atoms with Crippen LogP contribution in [-0.4, -0.2) is 60.7 Å². The van der Waals surface area contributed by atoms with Gasteiger partial charge in [0.2, 0.25) is 5.91 Å². The highest BCUT2D eigenvalue weighted by atomic mass is 35.5. The van der Waals surface area contributed by atoms with Crippen molar-refractivity contribution in [2.75, 3.05) is 44.3 Å². The van der Waals surface area contributed by atoms with Crippen molar-refractivity contribution in [3.8, 4) is 0 Å². The van der Waals surface area contributed by atoms with Gasteiger partial charge in [0.1, 0.15) is 0 Å². The van der Waals surface area contributed by atoms with E-state index in [1.54, 1.807) is 11.3 Å². The molecule has 0 radical (unpaired) electrons. The Kier molecular flexibility index (Phi) is 7.54. The van der Waals surface area contributed by atoms with E-state index in [-0.39, 0.29) is 30.7 Å². The summed E-state index contributed by atoms with van der Waals surface area (Å²) in [7, 11) is 0. The number of halogens is 2. The van der Waals surface area contributed by atoms with Crippen LogP contribution in [0.5, 0.6) is 0 Å². The van der Waals surface area contributed by atoms with Gasteiger partial charge >= 0.3 is 0 Å². The van der Waals surface area contributed by atoms with Gasteiger partial charge in [0.25, 0.3) is 0 Å². The van der Waals surface area contributed by atoms with Crippen LogP contribution in [0.4, 0.5) is 5.13 Å². The van der Waals surface area contributed by atoms with Gasteiger partial charge < -0.3 is 20.3 Å². The van der Waals surface area contributed by atoms with Gasteiger partial charge in [0.15, 0.2) is 5.13 Å². The zero-order chi connectivity index (χ0) is 14.9. The molecular formula is C14H24Cl2N4O2S. The fourth-order valence-electron chi connectivity index (χ4n) is 2.85. The lowest BCUT2D eigenvalue weighted by atomic mass is 9.89. The number of nitrogens with two attached hydrogens (primary N) is 1. The molecule has 132 valence electrons. The fourth-order valence-corrected chi connectivity index (χ4v) is 3.71. The summed E-state index contributed by atoms with van der Waals surface area (Å²) >= 11 is 1.66. The van der Waals surface area contributed by atoms with Crippen LogP contribution < -0.4 is 10.6 Å². The average molecular weight is 383 g/mol. The lowest BCUT2D eigenvalue weighted by Crippen LogP contribution is -2.61. The molecule has 1 aromatic rings. The molecule has 3 heterocycles. The first-order valence-corrected chi connectivity index (χ1v) is 8.29. The van der Waals surface area contributed by atoms with Crippen LogP contribution in [0.1, 0.15) is 18.5 Å². The standard InChI is InChI=1S/C14H22N4O2S.2ClH/c1-11-10-21-13(16-11)18-6-4-17(5-7-18)12(19)14(15)2-8-20-9-3-14;;/h10H,2-9,15H2,1H3;2*1H. The number of nitrogens with zero attached hydrogens (tertiary/aromatic N) is 3. The van der Waals surface area contributed by atoms with E-state index in [9.17, 15) is 4.79 Å². The van der Waals surface area contributed by atoms with Crippen molar-refractivity contribution >= 4 is 47.2 Å². The van der Waals surface area contributed by atoms with Crippen LogP contribution in [0.2, 0.25) is 0 Å². The van der Waals surface area contributed by atoms with Crippen molar-refractivity contribution in [1.29, 1.82) is 0 Å². The Morgan fingerprint density at radius 3 is 2.39 bits per heavy atom. The first-order chi connectivity index (χ1) is 10.1. The first kappa shape index (κ1) is 20.4. The van der Waals surface area contributed by atoms with Crippen LogP contribution in [0, 0.1) is 6.92 Å². The normalized spacial score (nSPS) is 20.4. The molecule has 23 heavy (non-hydrogen) atoms. The van der Waals surface area contributed by atoms with Gasteiger partial charge in [-0.05, 0) is 19.8 Å². The van der Waals surface area contributed by atoms with E-state index in [2.05, 4.69) is 15.3 Å². The number of aryl methyl sites for hydroxylation is 1. The van der Waals surface area contributed by atoms with Crippen molar-refractivity contribution < 1.29 is 9.53 Å². The summed E-state index contributed by atoms with van der Waals surface area (Å²) in [4.78, 5) is 21.3. The zero-order valence-corrected chi connectivity index (χ0v) is 15.6. The van der Waals surface area contributed by atoms with E-state index in [1.807, 2.05) is 11.8 Å². The smallest absolute Gasteiger partial charge is 0.242 e.